The second-order valence-electron chi connectivity index (χ2n) is 4.19. The van der Waals surface area contributed by atoms with Crippen LogP contribution in [-0.2, 0) is 0 Å². The lowest BCUT2D eigenvalue weighted by Crippen LogP contribution is -2.10. The number of ether oxygens (including phenoxy) is 1. The average Bonchev–Trinajstić information content (AvgIpc) is 2.80. The van der Waals surface area contributed by atoms with E-state index in [-0.39, 0.29) is 0 Å². The second-order valence-corrected chi connectivity index (χ2v) is 4.19. The molecule has 2 rings (SSSR count). The van der Waals surface area contributed by atoms with Gasteiger partial charge in [-0.05, 0) is 36.5 Å². The van der Waals surface area contributed by atoms with E-state index in [1.165, 1.54) is 31.2 Å². The van der Waals surface area contributed by atoms with Gasteiger partial charge in [-0.1, -0.05) is 25.0 Å². The van der Waals surface area contributed by atoms with Gasteiger partial charge in [-0.3, -0.25) is 0 Å². The van der Waals surface area contributed by atoms with Crippen LogP contribution in [-0.4, -0.2) is 13.2 Å². The lowest BCUT2D eigenvalue weighted by atomic mass is 9.98. The van der Waals surface area contributed by atoms with E-state index in [1.54, 1.807) is 0 Å². The maximum Gasteiger partial charge on any atom is 0.119 e. The molecule has 1 saturated carbocycles. The van der Waals surface area contributed by atoms with E-state index < -0.39 is 0 Å². The zero-order valence-electron chi connectivity index (χ0n) is 9.11. The first-order chi connectivity index (χ1) is 7.40. The highest BCUT2D eigenvalue weighted by molar-refractivity contribution is 5.29. The molecule has 82 valence electrons. The van der Waals surface area contributed by atoms with E-state index in [4.69, 9.17) is 10.5 Å². The molecule has 2 N–H and O–H groups in total. The van der Waals surface area contributed by atoms with Crippen LogP contribution in [0.4, 0.5) is 0 Å². The molecule has 2 heteroatoms. The molecule has 0 radical (unpaired) electrons. The Morgan fingerprint density at radius 1 is 1.13 bits per heavy atom. The molecule has 2 nitrogen and oxygen atoms in total. The number of hydrogen-bond acceptors (Lipinski definition) is 2. The summed E-state index contributed by atoms with van der Waals surface area (Å²) in [5.41, 5.74) is 6.85. The Hall–Kier alpha value is -1.02. The molecule has 0 aromatic heterocycles. The summed E-state index contributed by atoms with van der Waals surface area (Å²) in [5, 5.41) is 0. The summed E-state index contributed by atoms with van der Waals surface area (Å²) >= 11 is 0. The Balaban J connectivity index is 1.96. The molecule has 1 aromatic carbocycles. The predicted molar refractivity (Wildman–Crippen MR) is 62.2 cm³/mol. The van der Waals surface area contributed by atoms with Gasteiger partial charge in [0.05, 0.1) is 0 Å². The third kappa shape index (κ3) is 2.72. The van der Waals surface area contributed by atoms with Crippen molar-refractivity contribution in [2.45, 2.75) is 31.6 Å². The summed E-state index contributed by atoms with van der Waals surface area (Å²) < 4.78 is 5.45. The molecule has 15 heavy (non-hydrogen) atoms. The van der Waals surface area contributed by atoms with Crippen LogP contribution in [0.2, 0.25) is 0 Å². The van der Waals surface area contributed by atoms with E-state index in [2.05, 4.69) is 24.3 Å². The first kappa shape index (κ1) is 10.5. The lowest BCUT2D eigenvalue weighted by molar-refractivity contribution is 0.328. The molecular weight excluding hydrogens is 186 g/mol. The average molecular weight is 205 g/mol. The predicted octanol–water partition coefficient (Wildman–Crippen LogP) is 2.68. The molecule has 0 amide bonds. The van der Waals surface area contributed by atoms with Crippen molar-refractivity contribution in [2.75, 3.05) is 13.2 Å². The minimum absolute atomic E-state index is 0.574. The van der Waals surface area contributed by atoms with Crippen molar-refractivity contribution in [1.82, 2.24) is 0 Å². The van der Waals surface area contributed by atoms with Crippen LogP contribution in [0.5, 0.6) is 5.75 Å². The maximum absolute atomic E-state index is 5.45. The maximum atomic E-state index is 5.45. The van der Waals surface area contributed by atoms with Gasteiger partial charge in [0, 0.05) is 6.54 Å². The third-order valence-electron chi connectivity index (χ3n) is 3.09. The highest BCUT2D eigenvalue weighted by Crippen LogP contribution is 2.34. The van der Waals surface area contributed by atoms with Crippen LogP contribution in [0.3, 0.4) is 0 Å². The standard InChI is InChI=1S/C13H19NO/c14-9-10-15-13-7-5-12(6-8-13)11-3-1-2-4-11/h5-8,11H,1-4,9-10,14H2. The minimum atomic E-state index is 0.574. The summed E-state index contributed by atoms with van der Waals surface area (Å²) in [7, 11) is 0. The van der Waals surface area contributed by atoms with Crippen molar-refractivity contribution < 1.29 is 4.74 Å². The summed E-state index contributed by atoms with van der Waals surface area (Å²) in [4.78, 5) is 0. The molecule has 1 aliphatic carbocycles. The number of hydrogen-bond donors (Lipinski definition) is 1. The van der Waals surface area contributed by atoms with Crippen molar-refractivity contribution in [3.8, 4) is 5.75 Å². The lowest BCUT2D eigenvalue weighted by Gasteiger charge is -2.10. The number of rotatable bonds is 4. The van der Waals surface area contributed by atoms with Gasteiger partial charge in [0.15, 0.2) is 0 Å². The summed E-state index contributed by atoms with van der Waals surface area (Å²) in [6, 6.07) is 8.51. The molecular formula is C13H19NO. The first-order valence-corrected chi connectivity index (χ1v) is 5.83. The number of nitrogens with two attached hydrogens (primary N) is 1. The first-order valence-electron chi connectivity index (χ1n) is 5.83. The van der Waals surface area contributed by atoms with Crippen molar-refractivity contribution >= 4 is 0 Å². The summed E-state index contributed by atoms with van der Waals surface area (Å²) in [6.45, 7) is 1.17. The monoisotopic (exact) mass is 205 g/mol. The molecule has 1 aliphatic rings. The largest absolute Gasteiger partial charge is 0.492 e. The highest BCUT2D eigenvalue weighted by Gasteiger charge is 2.16. The Bertz CT molecular complexity index is 288. The molecule has 0 unspecified atom stereocenters. The fraction of sp³-hybridized carbons (Fsp3) is 0.538. The quantitative estimate of drug-likeness (QED) is 0.820. The molecule has 0 atom stereocenters. The zero-order chi connectivity index (χ0) is 10.5. The SMILES string of the molecule is NCCOc1ccc(C2CCCC2)cc1. The van der Waals surface area contributed by atoms with Gasteiger partial charge in [0.1, 0.15) is 12.4 Å². The highest BCUT2D eigenvalue weighted by atomic mass is 16.5. The molecule has 0 bridgehead atoms. The zero-order valence-corrected chi connectivity index (χ0v) is 9.11. The Kier molecular flexibility index (Phi) is 3.62. The van der Waals surface area contributed by atoms with Gasteiger partial charge in [0.2, 0.25) is 0 Å². The fourth-order valence-corrected chi connectivity index (χ4v) is 2.27. The summed E-state index contributed by atoms with van der Waals surface area (Å²) in [6.07, 6.45) is 5.47. The van der Waals surface area contributed by atoms with Crippen molar-refractivity contribution in [1.29, 1.82) is 0 Å². The second kappa shape index (κ2) is 5.17. The van der Waals surface area contributed by atoms with Crippen LogP contribution in [0, 0.1) is 0 Å². The van der Waals surface area contributed by atoms with Crippen molar-refractivity contribution in [2.24, 2.45) is 5.73 Å². The molecule has 0 aliphatic heterocycles. The van der Waals surface area contributed by atoms with Gasteiger partial charge in [-0.25, -0.2) is 0 Å². The van der Waals surface area contributed by atoms with Gasteiger partial charge in [0.25, 0.3) is 0 Å². The van der Waals surface area contributed by atoms with E-state index in [0.29, 0.717) is 13.2 Å². The van der Waals surface area contributed by atoms with Crippen LogP contribution >= 0.6 is 0 Å². The van der Waals surface area contributed by atoms with E-state index in [1.807, 2.05) is 0 Å². The summed E-state index contributed by atoms with van der Waals surface area (Å²) in [5.74, 6) is 1.72. The van der Waals surface area contributed by atoms with Crippen LogP contribution in [0.1, 0.15) is 37.2 Å². The van der Waals surface area contributed by atoms with E-state index in [9.17, 15) is 0 Å². The topological polar surface area (TPSA) is 35.2 Å². The molecule has 1 fully saturated rings. The molecule has 0 spiro atoms. The molecule has 0 heterocycles. The van der Waals surface area contributed by atoms with Crippen molar-refractivity contribution in [3.05, 3.63) is 29.8 Å². The third-order valence-corrected chi connectivity index (χ3v) is 3.09. The van der Waals surface area contributed by atoms with Crippen LogP contribution in [0.15, 0.2) is 24.3 Å². The van der Waals surface area contributed by atoms with Crippen molar-refractivity contribution in [3.63, 3.8) is 0 Å². The molecule has 0 saturated heterocycles. The minimum Gasteiger partial charge on any atom is -0.492 e. The van der Waals surface area contributed by atoms with Gasteiger partial charge in [-0.2, -0.15) is 0 Å². The number of benzene rings is 1. The van der Waals surface area contributed by atoms with Gasteiger partial charge >= 0.3 is 0 Å². The van der Waals surface area contributed by atoms with Crippen LogP contribution < -0.4 is 10.5 Å². The van der Waals surface area contributed by atoms with E-state index in [0.717, 1.165) is 11.7 Å². The fourth-order valence-electron chi connectivity index (χ4n) is 2.27. The Morgan fingerprint density at radius 2 is 1.80 bits per heavy atom. The Labute approximate surface area is 91.4 Å². The van der Waals surface area contributed by atoms with Gasteiger partial charge in [-0.15, -0.1) is 0 Å². The molecule has 1 aromatic rings. The van der Waals surface area contributed by atoms with E-state index >= 15 is 0 Å². The Morgan fingerprint density at radius 3 is 2.40 bits per heavy atom. The smallest absolute Gasteiger partial charge is 0.119 e. The van der Waals surface area contributed by atoms with Crippen LogP contribution in [0.25, 0.3) is 0 Å². The normalized spacial score (nSPS) is 16.9. The van der Waals surface area contributed by atoms with Gasteiger partial charge < -0.3 is 10.5 Å².